The van der Waals surface area contributed by atoms with Crippen LogP contribution in [0.15, 0.2) is 24.3 Å². The van der Waals surface area contributed by atoms with Crippen LogP contribution in [-0.4, -0.2) is 23.4 Å². The number of benzene rings is 1. The van der Waals surface area contributed by atoms with E-state index in [0.29, 0.717) is 19.8 Å². The lowest BCUT2D eigenvalue weighted by atomic mass is 10.1. The number of aromatic amines is 1. The molecule has 5 heteroatoms. The van der Waals surface area contributed by atoms with Crippen molar-refractivity contribution in [1.82, 2.24) is 10.2 Å². The Balaban J connectivity index is 1.97. The highest BCUT2D eigenvalue weighted by molar-refractivity contribution is 5.64. The number of rotatable bonds is 2. The summed E-state index contributed by atoms with van der Waals surface area (Å²) >= 11 is 0. The number of ether oxygens (including phenoxy) is 2. The van der Waals surface area contributed by atoms with E-state index in [4.69, 9.17) is 15.2 Å². The molecule has 2 aromatic rings. The van der Waals surface area contributed by atoms with Crippen LogP contribution in [0.1, 0.15) is 5.69 Å². The molecule has 3 rings (SSSR count). The first-order valence-corrected chi connectivity index (χ1v) is 5.51. The van der Waals surface area contributed by atoms with E-state index in [9.17, 15) is 0 Å². The van der Waals surface area contributed by atoms with Gasteiger partial charge >= 0.3 is 0 Å². The van der Waals surface area contributed by atoms with Crippen molar-refractivity contribution in [1.29, 1.82) is 0 Å². The van der Waals surface area contributed by atoms with Crippen molar-refractivity contribution in [2.24, 2.45) is 5.73 Å². The zero-order chi connectivity index (χ0) is 11.7. The van der Waals surface area contributed by atoms with E-state index in [1.165, 1.54) is 0 Å². The minimum absolute atomic E-state index is 0.456. The Labute approximate surface area is 98.5 Å². The van der Waals surface area contributed by atoms with Crippen LogP contribution in [0.3, 0.4) is 0 Å². The number of nitrogens with one attached hydrogen (secondary N) is 1. The zero-order valence-electron chi connectivity index (χ0n) is 9.27. The third-order valence-corrected chi connectivity index (χ3v) is 2.69. The summed E-state index contributed by atoms with van der Waals surface area (Å²) in [5.74, 6) is 1.56. The van der Waals surface area contributed by atoms with Gasteiger partial charge in [0, 0.05) is 17.8 Å². The van der Waals surface area contributed by atoms with Crippen molar-refractivity contribution >= 4 is 0 Å². The average molecular weight is 231 g/mol. The molecule has 1 aromatic carbocycles. The molecule has 0 amide bonds. The molecule has 0 unspecified atom stereocenters. The number of nitrogens with two attached hydrogens (primary N) is 1. The highest BCUT2D eigenvalue weighted by Gasteiger charge is 2.13. The molecule has 1 aliphatic rings. The average Bonchev–Trinajstić information content (AvgIpc) is 2.87. The minimum atomic E-state index is 0.456. The third-order valence-electron chi connectivity index (χ3n) is 2.69. The fourth-order valence-electron chi connectivity index (χ4n) is 1.82. The second-order valence-corrected chi connectivity index (χ2v) is 3.84. The lowest BCUT2D eigenvalue weighted by Crippen LogP contribution is -2.15. The van der Waals surface area contributed by atoms with Gasteiger partial charge < -0.3 is 15.2 Å². The number of hydrogen-bond donors (Lipinski definition) is 2. The van der Waals surface area contributed by atoms with Gasteiger partial charge in [-0.1, -0.05) is 0 Å². The van der Waals surface area contributed by atoms with Crippen molar-refractivity contribution < 1.29 is 9.47 Å². The number of H-pyrrole nitrogens is 1. The standard InChI is InChI=1S/C12H13N3O2/c13-7-9-6-10(15-14-9)8-1-2-11-12(5-8)17-4-3-16-11/h1-2,5-6H,3-4,7,13H2,(H,14,15). The summed E-state index contributed by atoms with van der Waals surface area (Å²) in [7, 11) is 0. The van der Waals surface area contributed by atoms with Crippen LogP contribution in [-0.2, 0) is 6.54 Å². The van der Waals surface area contributed by atoms with E-state index in [1.54, 1.807) is 0 Å². The van der Waals surface area contributed by atoms with Crippen LogP contribution in [0.25, 0.3) is 11.3 Å². The van der Waals surface area contributed by atoms with Gasteiger partial charge in [-0.2, -0.15) is 5.10 Å². The molecule has 0 fully saturated rings. The molecule has 0 saturated carbocycles. The summed E-state index contributed by atoms with van der Waals surface area (Å²) in [4.78, 5) is 0. The van der Waals surface area contributed by atoms with E-state index in [1.807, 2.05) is 24.3 Å². The summed E-state index contributed by atoms with van der Waals surface area (Å²) in [6.07, 6.45) is 0. The van der Waals surface area contributed by atoms with Crippen LogP contribution in [0.2, 0.25) is 0 Å². The first kappa shape index (κ1) is 10.2. The first-order chi connectivity index (χ1) is 8.36. The molecule has 3 N–H and O–H groups in total. The van der Waals surface area contributed by atoms with Crippen LogP contribution in [0.4, 0.5) is 0 Å². The number of nitrogens with zero attached hydrogens (tertiary/aromatic N) is 1. The maximum atomic E-state index is 5.54. The van der Waals surface area contributed by atoms with Gasteiger partial charge in [0.15, 0.2) is 11.5 Å². The molecule has 0 atom stereocenters. The number of aromatic nitrogens is 2. The van der Waals surface area contributed by atoms with Gasteiger partial charge in [-0.05, 0) is 24.3 Å². The summed E-state index contributed by atoms with van der Waals surface area (Å²) in [5, 5.41) is 7.09. The molecule has 88 valence electrons. The van der Waals surface area contributed by atoms with Gasteiger partial charge in [0.25, 0.3) is 0 Å². The molecule has 5 nitrogen and oxygen atoms in total. The zero-order valence-corrected chi connectivity index (χ0v) is 9.27. The Morgan fingerprint density at radius 3 is 2.76 bits per heavy atom. The summed E-state index contributed by atoms with van der Waals surface area (Å²) in [6.45, 7) is 1.65. The second kappa shape index (κ2) is 4.10. The van der Waals surface area contributed by atoms with Gasteiger partial charge in [-0.3, -0.25) is 5.10 Å². The Morgan fingerprint density at radius 2 is 2.00 bits per heavy atom. The summed E-state index contributed by atoms with van der Waals surface area (Å²) in [5.41, 5.74) is 8.30. The van der Waals surface area contributed by atoms with Crippen molar-refractivity contribution in [3.63, 3.8) is 0 Å². The first-order valence-electron chi connectivity index (χ1n) is 5.51. The monoisotopic (exact) mass is 231 g/mol. The maximum absolute atomic E-state index is 5.54. The molecule has 0 spiro atoms. The van der Waals surface area contributed by atoms with Crippen molar-refractivity contribution in [2.75, 3.05) is 13.2 Å². The van der Waals surface area contributed by atoms with Crippen LogP contribution in [0, 0.1) is 0 Å². The molecular weight excluding hydrogens is 218 g/mol. The molecule has 1 aromatic heterocycles. The molecular formula is C12H13N3O2. The van der Waals surface area contributed by atoms with Gasteiger partial charge in [-0.25, -0.2) is 0 Å². The van der Waals surface area contributed by atoms with E-state index >= 15 is 0 Å². The Kier molecular flexibility index (Phi) is 2.45. The predicted molar refractivity (Wildman–Crippen MR) is 62.9 cm³/mol. The topological polar surface area (TPSA) is 73.2 Å². The van der Waals surface area contributed by atoms with Crippen LogP contribution in [0.5, 0.6) is 11.5 Å². The molecule has 2 heterocycles. The predicted octanol–water partition coefficient (Wildman–Crippen LogP) is 1.31. The molecule has 1 aliphatic heterocycles. The van der Waals surface area contributed by atoms with Crippen LogP contribution >= 0.6 is 0 Å². The van der Waals surface area contributed by atoms with Gasteiger partial charge in [0.1, 0.15) is 13.2 Å². The largest absolute Gasteiger partial charge is 0.486 e. The smallest absolute Gasteiger partial charge is 0.162 e. The second-order valence-electron chi connectivity index (χ2n) is 3.84. The summed E-state index contributed by atoms with van der Waals surface area (Å²) in [6, 6.07) is 7.74. The van der Waals surface area contributed by atoms with Crippen molar-refractivity contribution in [3.05, 3.63) is 30.0 Å². The van der Waals surface area contributed by atoms with E-state index in [0.717, 1.165) is 28.5 Å². The van der Waals surface area contributed by atoms with Gasteiger partial charge in [0.05, 0.1) is 5.69 Å². The Bertz CT molecular complexity index is 536. The quantitative estimate of drug-likeness (QED) is 0.817. The van der Waals surface area contributed by atoms with Gasteiger partial charge in [-0.15, -0.1) is 0 Å². The van der Waals surface area contributed by atoms with E-state index in [2.05, 4.69) is 10.2 Å². The highest BCUT2D eigenvalue weighted by Crippen LogP contribution is 2.33. The van der Waals surface area contributed by atoms with Gasteiger partial charge in [0.2, 0.25) is 0 Å². The third kappa shape index (κ3) is 1.85. The molecule has 0 saturated heterocycles. The molecule has 0 bridgehead atoms. The molecule has 17 heavy (non-hydrogen) atoms. The van der Waals surface area contributed by atoms with E-state index in [-0.39, 0.29) is 0 Å². The van der Waals surface area contributed by atoms with E-state index < -0.39 is 0 Å². The Hall–Kier alpha value is -2.01. The fraction of sp³-hybridized carbons (Fsp3) is 0.250. The minimum Gasteiger partial charge on any atom is -0.486 e. The van der Waals surface area contributed by atoms with Crippen LogP contribution < -0.4 is 15.2 Å². The Morgan fingerprint density at radius 1 is 1.18 bits per heavy atom. The molecule has 0 aliphatic carbocycles. The number of fused-ring (bicyclic) bond motifs is 1. The maximum Gasteiger partial charge on any atom is 0.162 e. The number of hydrogen-bond acceptors (Lipinski definition) is 4. The fourth-order valence-corrected chi connectivity index (χ4v) is 1.82. The van der Waals surface area contributed by atoms with Crippen molar-refractivity contribution in [2.45, 2.75) is 6.54 Å². The highest BCUT2D eigenvalue weighted by atomic mass is 16.6. The summed E-state index contributed by atoms with van der Waals surface area (Å²) < 4.78 is 11.0. The SMILES string of the molecule is NCc1cc(-c2ccc3c(c2)OCCO3)n[nH]1. The molecule has 0 radical (unpaired) electrons. The lowest BCUT2D eigenvalue weighted by Gasteiger charge is -2.18. The normalized spacial score (nSPS) is 13.7. The van der Waals surface area contributed by atoms with Crippen molar-refractivity contribution in [3.8, 4) is 22.8 Å². The lowest BCUT2D eigenvalue weighted by molar-refractivity contribution is 0.171.